The van der Waals surface area contributed by atoms with Crippen LogP contribution in [0.4, 0.5) is 0 Å². The summed E-state index contributed by atoms with van der Waals surface area (Å²) in [4.78, 5) is 0. The molecule has 2 aliphatic carbocycles. The van der Waals surface area contributed by atoms with Crippen LogP contribution in [0.5, 0.6) is 0 Å². The molecule has 25 heavy (non-hydrogen) atoms. The third kappa shape index (κ3) is 5.98. The summed E-state index contributed by atoms with van der Waals surface area (Å²) >= 11 is 0. The normalized spacial score (nSPS) is 23.9. The van der Waals surface area contributed by atoms with E-state index in [-0.39, 0.29) is 17.1 Å². The van der Waals surface area contributed by atoms with E-state index in [1.807, 2.05) is 5.92 Å². The van der Waals surface area contributed by atoms with Crippen LogP contribution < -0.4 is 0 Å². The van der Waals surface area contributed by atoms with Crippen molar-refractivity contribution < 1.29 is 17.1 Å². The van der Waals surface area contributed by atoms with Crippen LogP contribution in [0.15, 0.2) is 30.3 Å². The van der Waals surface area contributed by atoms with Gasteiger partial charge in [-0.2, -0.15) is 31.7 Å². The monoisotopic (exact) mass is 398 g/mol. The molecule has 0 amide bonds. The molecular weight excluding hydrogens is 360 g/mol. The maximum Gasteiger partial charge on any atom is 2.00 e. The van der Waals surface area contributed by atoms with Crippen molar-refractivity contribution in [3.8, 4) is 0 Å². The molecule has 1 aromatic carbocycles. The zero-order valence-electron chi connectivity index (χ0n) is 16.8. The summed E-state index contributed by atoms with van der Waals surface area (Å²) in [5.74, 6) is 1.81. The molecular formula is C23H38FeSi. The summed E-state index contributed by atoms with van der Waals surface area (Å²) in [6.45, 7) is 9.94. The molecule has 0 radical (unpaired) electrons. The largest absolute Gasteiger partial charge is 2.00 e. The van der Waals surface area contributed by atoms with Gasteiger partial charge >= 0.3 is 17.1 Å². The Balaban J connectivity index is 0.000000448. The minimum absolute atomic E-state index is 0. The fourth-order valence-electron chi connectivity index (χ4n) is 5.12. The second kappa shape index (κ2) is 11.6. The minimum Gasteiger partial charge on any atom is -0.328 e. The molecule has 0 aliphatic heterocycles. The molecule has 1 aromatic rings. The average Bonchev–Trinajstić information content (AvgIpc) is 3.31. The second-order valence-corrected chi connectivity index (χ2v) is 13.2. The van der Waals surface area contributed by atoms with Gasteiger partial charge in [0.05, 0.1) is 0 Å². The van der Waals surface area contributed by atoms with Crippen molar-refractivity contribution in [2.75, 3.05) is 0 Å². The van der Waals surface area contributed by atoms with E-state index in [1.54, 1.807) is 5.56 Å². The maximum atomic E-state index is 2.67. The van der Waals surface area contributed by atoms with Crippen LogP contribution in [0.1, 0.15) is 83.2 Å². The van der Waals surface area contributed by atoms with Gasteiger partial charge < -0.3 is 12.3 Å². The van der Waals surface area contributed by atoms with Crippen LogP contribution in [0, 0.1) is 12.3 Å². The Hall–Kier alpha value is -0.0436. The van der Waals surface area contributed by atoms with Crippen LogP contribution in [0.3, 0.4) is 0 Å². The maximum absolute atomic E-state index is 2.67. The van der Waals surface area contributed by atoms with E-state index >= 15 is 0 Å². The van der Waals surface area contributed by atoms with Gasteiger partial charge in [-0.3, -0.25) is 0 Å². The predicted octanol–water partition coefficient (Wildman–Crippen LogP) is 7.73. The van der Waals surface area contributed by atoms with Crippen LogP contribution in [0.25, 0.3) is 0 Å². The van der Waals surface area contributed by atoms with Crippen LogP contribution in [-0.4, -0.2) is 8.07 Å². The smallest absolute Gasteiger partial charge is 0.328 e. The summed E-state index contributed by atoms with van der Waals surface area (Å²) in [5.41, 5.74) is 3.39. The zero-order chi connectivity index (χ0) is 17.4. The van der Waals surface area contributed by atoms with Crippen LogP contribution >= 0.6 is 0 Å². The molecule has 0 N–H and O–H groups in total. The molecule has 2 aliphatic rings. The van der Waals surface area contributed by atoms with Crippen LogP contribution in [0.2, 0.25) is 18.1 Å². The standard InChI is InChI=1S/C18H29Si.C5H9.Fe/c1-5-17(16-12-8-7-9-13-16)19(4,6-2)18-14-10-11-15(18)3;1-2-4-5-3-1;/h7-9,12-13,17-18H,5-6,10-11,14H2,1-4H3;1H,2-5H2;/q2*-1;+2. The van der Waals surface area contributed by atoms with E-state index in [9.17, 15) is 0 Å². The van der Waals surface area contributed by atoms with E-state index < -0.39 is 8.07 Å². The van der Waals surface area contributed by atoms with E-state index in [1.165, 1.54) is 57.4 Å². The molecule has 2 fully saturated rings. The predicted molar refractivity (Wildman–Crippen MR) is 111 cm³/mol. The van der Waals surface area contributed by atoms with Gasteiger partial charge in [0.25, 0.3) is 0 Å². The van der Waals surface area contributed by atoms with E-state index in [2.05, 4.69) is 64.1 Å². The van der Waals surface area contributed by atoms with E-state index in [0.717, 1.165) is 11.1 Å². The molecule has 0 heterocycles. The Morgan fingerprint density at radius 3 is 2.16 bits per heavy atom. The Labute approximate surface area is 169 Å². The van der Waals surface area contributed by atoms with Crippen LogP contribution in [-0.2, 0) is 17.1 Å². The molecule has 3 unspecified atom stereocenters. The number of hydrogen-bond acceptors (Lipinski definition) is 0. The first-order chi connectivity index (χ1) is 11.6. The molecule has 0 bridgehead atoms. The van der Waals surface area contributed by atoms with Gasteiger partial charge in [-0.15, -0.1) is 0 Å². The number of benzene rings is 1. The summed E-state index contributed by atoms with van der Waals surface area (Å²) in [6, 6.07) is 12.7. The molecule has 3 atom stereocenters. The molecule has 142 valence electrons. The minimum atomic E-state index is -1.26. The van der Waals surface area contributed by atoms with Gasteiger partial charge in [-0.05, 0) is 11.1 Å². The fourth-order valence-corrected chi connectivity index (χ4v) is 10.6. The Bertz CT molecular complexity index is 449. The van der Waals surface area contributed by atoms with Crippen molar-refractivity contribution >= 4 is 8.07 Å². The van der Waals surface area contributed by atoms with E-state index in [4.69, 9.17) is 0 Å². The molecule has 0 spiro atoms. The zero-order valence-corrected chi connectivity index (χ0v) is 18.9. The molecule has 0 aromatic heterocycles. The SMILES string of the molecule is CCC(c1ccccc1)[Si](C)(CC)C1CCC[C-]1C.[CH-]1CCCC1.[Fe+2]. The van der Waals surface area contributed by atoms with Crippen molar-refractivity contribution in [3.05, 3.63) is 48.2 Å². The van der Waals surface area contributed by atoms with Gasteiger partial charge in [0.2, 0.25) is 0 Å². The summed E-state index contributed by atoms with van der Waals surface area (Å²) in [5, 5.41) is 0. The molecule has 2 saturated carbocycles. The van der Waals surface area contributed by atoms with Crippen molar-refractivity contribution in [2.45, 2.75) is 95.8 Å². The first kappa shape index (κ1) is 23.0. The molecule has 2 heteroatoms. The fraction of sp³-hybridized carbons (Fsp3) is 0.652. The van der Waals surface area contributed by atoms with Crippen molar-refractivity contribution in [1.29, 1.82) is 0 Å². The van der Waals surface area contributed by atoms with E-state index in [0.29, 0.717) is 0 Å². The third-order valence-electron chi connectivity index (χ3n) is 6.69. The second-order valence-electron chi connectivity index (χ2n) is 8.10. The van der Waals surface area contributed by atoms with Gasteiger partial charge in [0.15, 0.2) is 0 Å². The van der Waals surface area contributed by atoms with Crippen molar-refractivity contribution in [1.82, 2.24) is 0 Å². The molecule has 0 nitrogen and oxygen atoms in total. The van der Waals surface area contributed by atoms with Crippen molar-refractivity contribution in [3.63, 3.8) is 0 Å². The first-order valence-corrected chi connectivity index (χ1v) is 13.2. The Morgan fingerprint density at radius 2 is 1.76 bits per heavy atom. The van der Waals surface area contributed by atoms with Crippen molar-refractivity contribution in [2.24, 2.45) is 0 Å². The summed E-state index contributed by atoms with van der Waals surface area (Å²) in [7, 11) is -1.26. The quantitative estimate of drug-likeness (QED) is 0.352. The third-order valence-corrected chi connectivity index (χ3v) is 12.9. The van der Waals surface area contributed by atoms with Gasteiger partial charge in [0.1, 0.15) is 0 Å². The summed E-state index contributed by atoms with van der Waals surface area (Å²) < 4.78 is 0. The first-order valence-electron chi connectivity index (χ1n) is 10.3. The van der Waals surface area contributed by atoms with Gasteiger partial charge in [-0.1, -0.05) is 88.9 Å². The van der Waals surface area contributed by atoms with Gasteiger partial charge in [-0.25, -0.2) is 0 Å². The number of rotatable bonds is 5. The Kier molecular flexibility index (Phi) is 10.7. The van der Waals surface area contributed by atoms with Gasteiger partial charge in [0, 0.05) is 8.07 Å². The topological polar surface area (TPSA) is 0 Å². The summed E-state index contributed by atoms with van der Waals surface area (Å²) in [6.07, 6.45) is 13.6. The molecule has 3 rings (SSSR count). The molecule has 0 saturated heterocycles. The Morgan fingerprint density at radius 1 is 1.12 bits per heavy atom. The average molecular weight is 398 g/mol. The number of hydrogen-bond donors (Lipinski definition) is 0.